The summed E-state index contributed by atoms with van der Waals surface area (Å²) in [6.07, 6.45) is 5.59. The summed E-state index contributed by atoms with van der Waals surface area (Å²) in [5, 5.41) is 22.2. The smallest absolute Gasteiger partial charge is 0.309 e. The molecule has 4 aliphatic carbocycles. The molecule has 102 valence electrons. The number of carboxylic acid groups (broad SMARTS) is 1. The molecule has 0 radical (unpaired) electrons. The first-order valence-electron chi connectivity index (χ1n) is 7.02. The minimum atomic E-state index is -0.622. The van der Waals surface area contributed by atoms with E-state index in [1.165, 1.54) is 6.42 Å². The second-order valence-electron chi connectivity index (χ2n) is 6.90. The molecule has 1 heterocycles. The molecule has 1 aromatic heterocycles. The Morgan fingerprint density at radius 1 is 1.32 bits per heavy atom. The van der Waals surface area contributed by atoms with Crippen LogP contribution in [0.15, 0.2) is 0 Å². The summed E-state index contributed by atoms with van der Waals surface area (Å²) >= 11 is 0. The van der Waals surface area contributed by atoms with Gasteiger partial charge in [-0.05, 0) is 62.5 Å². The molecule has 0 aromatic carbocycles. The normalized spacial score (nSPS) is 43.6. The van der Waals surface area contributed by atoms with Crippen LogP contribution < -0.4 is 0 Å². The van der Waals surface area contributed by atoms with E-state index < -0.39 is 11.4 Å². The lowest BCUT2D eigenvalue weighted by Gasteiger charge is -2.59. The molecule has 0 amide bonds. The summed E-state index contributed by atoms with van der Waals surface area (Å²) < 4.78 is 0. The van der Waals surface area contributed by atoms with Gasteiger partial charge in [-0.1, -0.05) is 0 Å². The van der Waals surface area contributed by atoms with Crippen LogP contribution in [0, 0.1) is 24.2 Å². The lowest BCUT2D eigenvalue weighted by Crippen LogP contribution is -2.59. The molecule has 0 spiro atoms. The first-order chi connectivity index (χ1) is 9.01. The summed E-state index contributed by atoms with van der Waals surface area (Å²) in [5.41, 5.74) is -0.727. The van der Waals surface area contributed by atoms with Gasteiger partial charge in [-0.25, -0.2) is 0 Å². The monoisotopic (exact) mass is 262 g/mol. The second-order valence-corrected chi connectivity index (χ2v) is 6.90. The largest absolute Gasteiger partial charge is 0.481 e. The average Bonchev–Trinajstić information content (AvgIpc) is 2.74. The number of nitrogens with zero attached hydrogens (tertiary/aromatic N) is 4. The molecule has 6 nitrogen and oxygen atoms in total. The third-order valence-corrected chi connectivity index (χ3v) is 5.42. The van der Waals surface area contributed by atoms with Crippen molar-refractivity contribution in [3.05, 3.63) is 5.82 Å². The SMILES string of the molecule is Cc1nnn(C23CC4CC(CC(C(=O)O)(C4)C2)C3)n1. The molecule has 0 aliphatic heterocycles. The standard InChI is InChI=1S/C13H18N4O2/c1-8-14-16-17(15-8)13-5-9-2-10(6-13)4-12(3-9,7-13)11(18)19/h9-10H,2-7H2,1H3,(H,18,19). The summed E-state index contributed by atoms with van der Waals surface area (Å²) in [7, 11) is 0. The van der Waals surface area contributed by atoms with E-state index in [1.54, 1.807) is 4.80 Å². The molecule has 0 saturated heterocycles. The first-order valence-corrected chi connectivity index (χ1v) is 7.02. The second kappa shape index (κ2) is 3.35. The van der Waals surface area contributed by atoms with E-state index >= 15 is 0 Å². The molecular formula is C13H18N4O2. The molecule has 4 aliphatic rings. The Labute approximate surface area is 111 Å². The van der Waals surface area contributed by atoms with E-state index in [1.807, 2.05) is 6.92 Å². The Bertz CT molecular complexity index is 539. The minimum Gasteiger partial charge on any atom is -0.481 e. The van der Waals surface area contributed by atoms with Gasteiger partial charge < -0.3 is 5.11 Å². The lowest BCUT2D eigenvalue weighted by molar-refractivity contribution is -0.174. The van der Waals surface area contributed by atoms with Crippen LogP contribution in [0.5, 0.6) is 0 Å². The third-order valence-electron chi connectivity index (χ3n) is 5.42. The van der Waals surface area contributed by atoms with Gasteiger partial charge in [-0.3, -0.25) is 4.79 Å². The van der Waals surface area contributed by atoms with Crippen molar-refractivity contribution in [2.45, 2.75) is 51.0 Å². The topological polar surface area (TPSA) is 80.9 Å². The number of aryl methyl sites for hydroxylation is 1. The number of carboxylic acids is 1. The highest BCUT2D eigenvalue weighted by Gasteiger charge is 2.62. The fourth-order valence-electron chi connectivity index (χ4n) is 5.18. The predicted molar refractivity (Wildman–Crippen MR) is 65.3 cm³/mol. The van der Waals surface area contributed by atoms with Crippen molar-refractivity contribution >= 4 is 5.97 Å². The van der Waals surface area contributed by atoms with Gasteiger partial charge in [-0.15, -0.1) is 10.2 Å². The van der Waals surface area contributed by atoms with Crippen LogP contribution in [-0.2, 0) is 10.3 Å². The quantitative estimate of drug-likeness (QED) is 0.870. The zero-order valence-electron chi connectivity index (χ0n) is 11.0. The number of tetrazole rings is 1. The maximum absolute atomic E-state index is 11.8. The lowest BCUT2D eigenvalue weighted by atomic mass is 9.47. The third kappa shape index (κ3) is 1.42. The van der Waals surface area contributed by atoms with Crippen molar-refractivity contribution < 1.29 is 9.90 Å². The molecule has 1 aromatic rings. The van der Waals surface area contributed by atoms with Gasteiger partial charge in [0.1, 0.15) is 0 Å². The van der Waals surface area contributed by atoms with Crippen LogP contribution in [0.25, 0.3) is 0 Å². The molecule has 4 fully saturated rings. The Hall–Kier alpha value is -1.46. The van der Waals surface area contributed by atoms with Crippen molar-refractivity contribution in [3.63, 3.8) is 0 Å². The fraction of sp³-hybridized carbons (Fsp3) is 0.846. The zero-order chi connectivity index (χ0) is 13.3. The first kappa shape index (κ1) is 11.4. The molecule has 4 bridgehead atoms. The van der Waals surface area contributed by atoms with Crippen molar-refractivity contribution in [2.24, 2.45) is 17.3 Å². The number of aromatic nitrogens is 4. The summed E-state index contributed by atoms with van der Waals surface area (Å²) in [4.78, 5) is 13.5. The Kier molecular flexibility index (Phi) is 2.00. The van der Waals surface area contributed by atoms with E-state index in [4.69, 9.17) is 0 Å². The van der Waals surface area contributed by atoms with Crippen molar-refractivity contribution in [3.8, 4) is 0 Å². The molecule has 4 saturated carbocycles. The van der Waals surface area contributed by atoms with Gasteiger partial charge in [0.15, 0.2) is 5.82 Å². The molecule has 1 N–H and O–H groups in total. The number of rotatable bonds is 2. The molecular weight excluding hydrogens is 244 g/mol. The summed E-state index contributed by atoms with van der Waals surface area (Å²) in [6.45, 7) is 1.83. The molecule has 5 rings (SSSR count). The maximum atomic E-state index is 11.8. The Balaban J connectivity index is 1.80. The van der Waals surface area contributed by atoms with Crippen LogP contribution in [0.2, 0.25) is 0 Å². The molecule has 6 heteroatoms. The molecule has 19 heavy (non-hydrogen) atoms. The molecule has 2 atom stereocenters. The fourth-order valence-corrected chi connectivity index (χ4v) is 5.18. The van der Waals surface area contributed by atoms with Crippen LogP contribution in [0.4, 0.5) is 0 Å². The number of hydrogen-bond acceptors (Lipinski definition) is 4. The summed E-state index contributed by atoms with van der Waals surface area (Å²) in [5.74, 6) is 1.08. The van der Waals surface area contributed by atoms with Crippen LogP contribution in [-0.4, -0.2) is 31.3 Å². The van der Waals surface area contributed by atoms with Gasteiger partial charge in [-0.2, -0.15) is 4.80 Å². The summed E-state index contributed by atoms with van der Waals surface area (Å²) in [6, 6.07) is 0. The predicted octanol–water partition coefficient (Wildman–Crippen LogP) is 1.36. The number of aliphatic carboxylic acids is 1. The Morgan fingerprint density at radius 2 is 2.00 bits per heavy atom. The van der Waals surface area contributed by atoms with Crippen molar-refractivity contribution in [1.82, 2.24) is 20.2 Å². The highest BCUT2D eigenvalue weighted by molar-refractivity contribution is 5.75. The van der Waals surface area contributed by atoms with Gasteiger partial charge in [0.25, 0.3) is 0 Å². The van der Waals surface area contributed by atoms with Crippen LogP contribution >= 0.6 is 0 Å². The van der Waals surface area contributed by atoms with Crippen LogP contribution in [0.1, 0.15) is 44.3 Å². The minimum absolute atomic E-state index is 0.191. The van der Waals surface area contributed by atoms with Crippen molar-refractivity contribution in [1.29, 1.82) is 0 Å². The van der Waals surface area contributed by atoms with Gasteiger partial charge >= 0.3 is 5.97 Å². The average molecular weight is 262 g/mol. The van der Waals surface area contributed by atoms with Gasteiger partial charge in [0, 0.05) is 0 Å². The highest BCUT2D eigenvalue weighted by atomic mass is 16.4. The maximum Gasteiger partial charge on any atom is 0.309 e. The zero-order valence-corrected chi connectivity index (χ0v) is 11.0. The van der Waals surface area contributed by atoms with E-state index in [-0.39, 0.29) is 5.54 Å². The van der Waals surface area contributed by atoms with E-state index in [9.17, 15) is 9.90 Å². The number of hydrogen-bond donors (Lipinski definition) is 1. The van der Waals surface area contributed by atoms with E-state index in [0.29, 0.717) is 24.1 Å². The Morgan fingerprint density at radius 3 is 2.53 bits per heavy atom. The van der Waals surface area contributed by atoms with Crippen molar-refractivity contribution in [2.75, 3.05) is 0 Å². The van der Waals surface area contributed by atoms with E-state index in [0.717, 1.165) is 25.7 Å². The van der Waals surface area contributed by atoms with Gasteiger partial charge in [0.2, 0.25) is 0 Å². The highest BCUT2D eigenvalue weighted by Crippen LogP contribution is 2.63. The number of carbonyl (C=O) groups is 1. The van der Waals surface area contributed by atoms with Crippen LogP contribution in [0.3, 0.4) is 0 Å². The molecule has 2 unspecified atom stereocenters. The van der Waals surface area contributed by atoms with E-state index in [2.05, 4.69) is 15.4 Å². The van der Waals surface area contributed by atoms with Gasteiger partial charge in [0.05, 0.1) is 11.0 Å².